The Bertz CT molecular complexity index is 596. The molecule has 0 heterocycles. The highest BCUT2D eigenvalue weighted by Gasteiger charge is 2.24. The summed E-state index contributed by atoms with van der Waals surface area (Å²) in [4.78, 5) is 36.4. The molecule has 0 saturated carbocycles. The summed E-state index contributed by atoms with van der Waals surface area (Å²) in [6.45, 7) is 3.73. The number of aryl methyl sites for hydroxylation is 1. The fourth-order valence-corrected chi connectivity index (χ4v) is 2.22. The molecule has 1 atom stereocenters. The number of aliphatic carboxylic acids is 1. The Balaban J connectivity index is 2.70. The third-order valence-corrected chi connectivity index (χ3v) is 3.80. The number of hydrogen-bond donors (Lipinski definition) is 2. The zero-order chi connectivity index (χ0) is 17.6. The molecule has 0 aromatic heterocycles. The summed E-state index contributed by atoms with van der Waals surface area (Å²) in [7, 11) is 3.31. The second-order valence-corrected chi connectivity index (χ2v) is 5.77. The van der Waals surface area contributed by atoms with Crippen LogP contribution >= 0.6 is 0 Å². The lowest BCUT2D eigenvalue weighted by molar-refractivity contribution is -0.142. The monoisotopic (exact) mass is 320 g/mol. The van der Waals surface area contributed by atoms with Gasteiger partial charge in [-0.15, -0.1) is 0 Å². The van der Waals surface area contributed by atoms with Crippen LogP contribution in [0.1, 0.15) is 42.0 Å². The largest absolute Gasteiger partial charge is 0.479 e. The number of carbonyl (C=O) groups is 3. The molecule has 0 fully saturated rings. The Hall–Kier alpha value is -2.37. The summed E-state index contributed by atoms with van der Waals surface area (Å²) < 4.78 is 0. The number of rotatable bonds is 7. The standard InChI is InChI=1S/C17H24N2O4/c1-11-7-5-8-13(12(11)2)16(17(22)23)18-14(20)9-6-10-15(21)19(3)4/h5,7-8,16H,6,9-10H2,1-4H3,(H,18,20)(H,22,23). The van der Waals surface area contributed by atoms with E-state index in [4.69, 9.17) is 0 Å². The van der Waals surface area contributed by atoms with Crippen molar-refractivity contribution in [1.29, 1.82) is 0 Å². The number of nitrogens with one attached hydrogen (secondary N) is 1. The molecule has 0 spiro atoms. The van der Waals surface area contributed by atoms with Crippen LogP contribution in [0.4, 0.5) is 0 Å². The van der Waals surface area contributed by atoms with Gasteiger partial charge in [0.25, 0.3) is 0 Å². The molecule has 2 N–H and O–H groups in total. The van der Waals surface area contributed by atoms with Crippen LogP contribution in [-0.2, 0) is 14.4 Å². The Kier molecular flexibility index (Phi) is 6.75. The van der Waals surface area contributed by atoms with Crippen LogP contribution < -0.4 is 5.32 Å². The topological polar surface area (TPSA) is 86.7 Å². The summed E-state index contributed by atoms with van der Waals surface area (Å²) in [5.41, 5.74) is 2.40. The van der Waals surface area contributed by atoms with Crippen molar-refractivity contribution in [3.05, 3.63) is 34.9 Å². The molecule has 1 rings (SSSR count). The molecule has 1 aromatic rings. The maximum absolute atomic E-state index is 12.0. The predicted octanol–water partition coefficient (Wildman–Crippen LogP) is 1.80. The minimum Gasteiger partial charge on any atom is -0.479 e. The molecular weight excluding hydrogens is 296 g/mol. The molecule has 2 amide bonds. The van der Waals surface area contributed by atoms with Crippen LogP contribution in [0.25, 0.3) is 0 Å². The smallest absolute Gasteiger partial charge is 0.330 e. The number of benzene rings is 1. The van der Waals surface area contributed by atoms with Gasteiger partial charge < -0.3 is 15.3 Å². The van der Waals surface area contributed by atoms with Gasteiger partial charge in [-0.1, -0.05) is 18.2 Å². The average Bonchev–Trinajstić information content (AvgIpc) is 2.47. The first-order valence-electron chi connectivity index (χ1n) is 7.52. The van der Waals surface area contributed by atoms with Crippen LogP contribution in [0.3, 0.4) is 0 Å². The lowest BCUT2D eigenvalue weighted by Gasteiger charge is -2.18. The Morgan fingerprint density at radius 1 is 1.17 bits per heavy atom. The van der Waals surface area contributed by atoms with Gasteiger partial charge in [0.15, 0.2) is 6.04 Å². The summed E-state index contributed by atoms with van der Waals surface area (Å²) in [5, 5.41) is 11.9. The fraction of sp³-hybridized carbons (Fsp3) is 0.471. The summed E-state index contributed by atoms with van der Waals surface area (Å²) in [5.74, 6) is -1.52. The van der Waals surface area contributed by atoms with Gasteiger partial charge in [0, 0.05) is 26.9 Å². The van der Waals surface area contributed by atoms with Crippen molar-refractivity contribution in [1.82, 2.24) is 10.2 Å². The van der Waals surface area contributed by atoms with Crippen LogP contribution in [0.2, 0.25) is 0 Å². The summed E-state index contributed by atoms with van der Waals surface area (Å²) >= 11 is 0. The molecule has 0 saturated heterocycles. The SMILES string of the molecule is Cc1cccc(C(NC(=O)CCCC(=O)N(C)C)C(=O)O)c1C. The van der Waals surface area contributed by atoms with Gasteiger partial charge in [0.2, 0.25) is 11.8 Å². The fourth-order valence-electron chi connectivity index (χ4n) is 2.22. The zero-order valence-electron chi connectivity index (χ0n) is 14.0. The molecule has 0 bridgehead atoms. The molecular formula is C17H24N2O4. The second-order valence-electron chi connectivity index (χ2n) is 5.77. The lowest BCUT2D eigenvalue weighted by atomic mass is 9.97. The third-order valence-electron chi connectivity index (χ3n) is 3.80. The normalized spacial score (nSPS) is 11.7. The number of amides is 2. The molecule has 0 aliphatic heterocycles. The van der Waals surface area contributed by atoms with Crippen molar-refractivity contribution in [3.63, 3.8) is 0 Å². The van der Waals surface area contributed by atoms with Gasteiger partial charge in [0.1, 0.15) is 0 Å². The third kappa shape index (κ3) is 5.39. The van der Waals surface area contributed by atoms with Gasteiger partial charge in [-0.2, -0.15) is 0 Å². The summed E-state index contributed by atoms with van der Waals surface area (Å²) in [6, 6.07) is 4.30. The Labute approximate surface area is 136 Å². The van der Waals surface area contributed by atoms with Gasteiger partial charge >= 0.3 is 5.97 Å². The van der Waals surface area contributed by atoms with Crippen molar-refractivity contribution in [3.8, 4) is 0 Å². The number of carboxylic acid groups (broad SMARTS) is 1. The van der Waals surface area contributed by atoms with E-state index in [9.17, 15) is 19.5 Å². The maximum Gasteiger partial charge on any atom is 0.330 e. The Morgan fingerprint density at radius 2 is 1.83 bits per heavy atom. The van der Waals surface area contributed by atoms with E-state index < -0.39 is 12.0 Å². The molecule has 126 valence electrons. The number of carbonyl (C=O) groups excluding carboxylic acids is 2. The van der Waals surface area contributed by atoms with E-state index in [0.29, 0.717) is 12.0 Å². The number of nitrogens with zero attached hydrogens (tertiary/aromatic N) is 1. The summed E-state index contributed by atoms with van der Waals surface area (Å²) in [6.07, 6.45) is 0.776. The molecule has 1 aromatic carbocycles. The Morgan fingerprint density at radius 3 is 2.39 bits per heavy atom. The van der Waals surface area contributed by atoms with Gasteiger partial charge in [-0.05, 0) is 37.0 Å². The van der Waals surface area contributed by atoms with Crippen molar-refractivity contribution in [2.45, 2.75) is 39.2 Å². The molecule has 0 aliphatic carbocycles. The first kappa shape index (κ1) is 18.7. The number of carboxylic acids is 1. The van der Waals surface area contributed by atoms with Crippen molar-refractivity contribution in [2.24, 2.45) is 0 Å². The predicted molar refractivity (Wildman–Crippen MR) is 87.0 cm³/mol. The van der Waals surface area contributed by atoms with E-state index in [2.05, 4.69) is 5.32 Å². The van der Waals surface area contributed by atoms with E-state index >= 15 is 0 Å². The highest BCUT2D eigenvalue weighted by atomic mass is 16.4. The molecule has 0 aliphatic rings. The minimum atomic E-state index is -1.10. The van der Waals surface area contributed by atoms with E-state index in [1.54, 1.807) is 26.2 Å². The zero-order valence-corrected chi connectivity index (χ0v) is 14.0. The maximum atomic E-state index is 12.0. The van der Waals surface area contributed by atoms with Crippen LogP contribution in [0.15, 0.2) is 18.2 Å². The van der Waals surface area contributed by atoms with Crippen LogP contribution in [-0.4, -0.2) is 41.9 Å². The van der Waals surface area contributed by atoms with E-state index in [-0.39, 0.29) is 24.7 Å². The second kappa shape index (κ2) is 8.31. The van der Waals surface area contributed by atoms with E-state index in [1.165, 1.54) is 4.90 Å². The van der Waals surface area contributed by atoms with Crippen molar-refractivity contribution >= 4 is 17.8 Å². The first-order chi connectivity index (χ1) is 10.7. The molecule has 23 heavy (non-hydrogen) atoms. The molecule has 6 heteroatoms. The number of hydrogen-bond acceptors (Lipinski definition) is 3. The quantitative estimate of drug-likeness (QED) is 0.802. The van der Waals surface area contributed by atoms with Crippen molar-refractivity contribution < 1.29 is 19.5 Å². The van der Waals surface area contributed by atoms with Crippen LogP contribution in [0, 0.1) is 13.8 Å². The minimum absolute atomic E-state index is 0.0536. The van der Waals surface area contributed by atoms with Gasteiger partial charge in [-0.3, -0.25) is 9.59 Å². The van der Waals surface area contributed by atoms with E-state index in [1.807, 2.05) is 19.9 Å². The van der Waals surface area contributed by atoms with Crippen molar-refractivity contribution in [2.75, 3.05) is 14.1 Å². The first-order valence-corrected chi connectivity index (χ1v) is 7.52. The average molecular weight is 320 g/mol. The van der Waals surface area contributed by atoms with Crippen LogP contribution in [0.5, 0.6) is 0 Å². The highest BCUT2D eigenvalue weighted by molar-refractivity contribution is 5.85. The molecule has 1 unspecified atom stereocenters. The highest BCUT2D eigenvalue weighted by Crippen LogP contribution is 2.21. The van der Waals surface area contributed by atoms with Gasteiger partial charge in [0.05, 0.1) is 0 Å². The molecule has 0 radical (unpaired) electrons. The van der Waals surface area contributed by atoms with Gasteiger partial charge in [-0.25, -0.2) is 4.79 Å². The lowest BCUT2D eigenvalue weighted by Crippen LogP contribution is -2.34. The molecule has 6 nitrogen and oxygen atoms in total. The van der Waals surface area contributed by atoms with E-state index in [0.717, 1.165) is 11.1 Å².